The first kappa shape index (κ1) is 17.4. The van der Waals surface area contributed by atoms with E-state index in [1.807, 2.05) is 18.2 Å². The maximum absolute atomic E-state index is 5.88. The van der Waals surface area contributed by atoms with Gasteiger partial charge in [-0.15, -0.1) is 0 Å². The van der Waals surface area contributed by atoms with E-state index in [-0.39, 0.29) is 0 Å². The van der Waals surface area contributed by atoms with Gasteiger partial charge in [-0.2, -0.15) is 4.98 Å². The molecule has 1 atom stereocenters. The van der Waals surface area contributed by atoms with Gasteiger partial charge in [-0.3, -0.25) is 4.99 Å². The molecule has 0 spiro atoms. The quantitative estimate of drug-likeness (QED) is 0.639. The van der Waals surface area contributed by atoms with Gasteiger partial charge in [0.15, 0.2) is 11.8 Å². The zero-order valence-electron chi connectivity index (χ0n) is 14.8. The summed E-state index contributed by atoms with van der Waals surface area (Å²) in [6.45, 7) is 5.65. The molecule has 0 bridgehead atoms. The summed E-state index contributed by atoms with van der Waals surface area (Å²) in [6, 6.07) is 10.3. The van der Waals surface area contributed by atoms with Gasteiger partial charge < -0.3 is 19.5 Å². The Bertz CT molecular complexity index is 686. The second kappa shape index (κ2) is 8.62. The van der Waals surface area contributed by atoms with Crippen LogP contribution >= 0.6 is 0 Å². The van der Waals surface area contributed by atoms with Gasteiger partial charge >= 0.3 is 0 Å². The average Bonchev–Trinajstić information content (AvgIpc) is 3.26. The topological polar surface area (TPSA) is 75.8 Å². The third-order valence-corrected chi connectivity index (χ3v) is 4.24. The second-order valence-corrected chi connectivity index (χ2v) is 6.23. The lowest BCUT2D eigenvalue weighted by atomic mass is 10.1. The number of ether oxygens (including phenoxy) is 1. The molecule has 1 aromatic heterocycles. The SMILES string of the molecule is CN=C(NCc1noc(C)n1)N1CCC(COCc2ccccc2)C1. The normalized spacial score (nSPS) is 17.9. The number of nitrogens with zero attached hydrogens (tertiary/aromatic N) is 4. The molecule has 2 heterocycles. The Morgan fingerprint density at radius 2 is 2.24 bits per heavy atom. The van der Waals surface area contributed by atoms with Gasteiger partial charge in [-0.1, -0.05) is 35.5 Å². The van der Waals surface area contributed by atoms with Crippen molar-refractivity contribution in [2.75, 3.05) is 26.7 Å². The van der Waals surface area contributed by atoms with E-state index in [9.17, 15) is 0 Å². The molecule has 7 nitrogen and oxygen atoms in total. The van der Waals surface area contributed by atoms with Gasteiger partial charge in [0.05, 0.1) is 19.8 Å². The summed E-state index contributed by atoms with van der Waals surface area (Å²) in [6.07, 6.45) is 1.11. The molecule has 7 heteroatoms. The lowest BCUT2D eigenvalue weighted by molar-refractivity contribution is 0.0906. The molecule has 25 heavy (non-hydrogen) atoms. The zero-order chi connectivity index (χ0) is 17.5. The maximum atomic E-state index is 5.88. The number of aryl methyl sites for hydroxylation is 1. The molecule has 134 valence electrons. The molecule has 1 aromatic carbocycles. The molecular formula is C18H25N5O2. The van der Waals surface area contributed by atoms with E-state index in [1.54, 1.807) is 14.0 Å². The van der Waals surface area contributed by atoms with E-state index >= 15 is 0 Å². The van der Waals surface area contributed by atoms with Crippen LogP contribution in [0.5, 0.6) is 0 Å². The fourth-order valence-electron chi connectivity index (χ4n) is 2.98. The lowest BCUT2D eigenvalue weighted by Gasteiger charge is -2.21. The Morgan fingerprint density at radius 1 is 1.40 bits per heavy atom. The van der Waals surface area contributed by atoms with E-state index in [0.29, 0.717) is 30.8 Å². The first-order valence-corrected chi connectivity index (χ1v) is 8.61. The summed E-state index contributed by atoms with van der Waals surface area (Å²) >= 11 is 0. The van der Waals surface area contributed by atoms with Gasteiger partial charge in [-0.05, 0) is 12.0 Å². The molecule has 1 N–H and O–H groups in total. The minimum atomic E-state index is 0.510. The van der Waals surface area contributed by atoms with Crippen LogP contribution in [0.25, 0.3) is 0 Å². The fourth-order valence-corrected chi connectivity index (χ4v) is 2.98. The smallest absolute Gasteiger partial charge is 0.223 e. The number of nitrogens with one attached hydrogen (secondary N) is 1. The van der Waals surface area contributed by atoms with Crippen molar-refractivity contribution in [1.29, 1.82) is 0 Å². The van der Waals surface area contributed by atoms with Crippen LogP contribution < -0.4 is 5.32 Å². The highest BCUT2D eigenvalue weighted by atomic mass is 16.5. The van der Waals surface area contributed by atoms with Crippen molar-refractivity contribution in [3.05, 3.63) is 47.6 Å². The van der Waals surface area contributed by atoms with Crippen LogP contribution in [0, 0.1) is 12.8 Å². The molecule has 1 aliphatic heterocycles. The largest absolute Gasteiger partial charge is 0.376 e. The Morgan fingerprint density at radius 3 is 2.96 bits per heavy atom. The van der Waals surface area contributed by atoms with Crippen LogP contribution in [-0.2, 0) is 17.9 Å². The predicted octanol–water partition coefficient (Wildman–Crippen LogP) is 1.99. The first-order valence-electron chi connectivity index (χ1n) is 8.61. The van der Waals surface area contributed by atoms with Crippen LogP contribution in [0.2, 0.25) is 0 Å². The monoisotopic (exact) mass is 343 g/mol. The molecule has 3 rings (SSSR count). The molecule has 1 fully saturated rings. The summed E-state index contributed by atoms with van der Waals surface area (Å²) in [5.74, 6) is 2.60. The summed E-state index contributed by atoms with van der Waals surface area (Å²) in [4.78, 5) is 10.8. The highest BCUT2D eigenvalue weighted by Crippen LogP contribution is 2.17. The summed E-state index contributed by atoms with van der Waals surface area (Å²) in [7, 11) is 1.79. The minimum Gasteiger partial charge on any atom is -0.376 e. The van der Waals surface area contributed by atoms with Crippen molar-refractivity contribution in [2.24, 2.45) is 10.9 Å². The van der Waals surface area contributed by atoms with Gasteiger partial charge in [0, 0.05) is 33.0 Å². The Hall–Kier alpha value is -2.41. The van der Waals surface area contributed by atoms with Crippen LogP contribution in [0.1, 0.15) is 23.7 Å². The van der Waals surface area contributed by atoms with Crippen LogP contribution in [-0.4, -0.2) is 47.7 Å². The van der Waals surface area contributed by atoms with Crippen molar-refractivity contribution in [3.63, 3.8) is 0 Å². The van der Waals surface area contributed by atoms with Crippen molar-refractivity contribution in [1.82, 2.24) is 20.4 Å². The highest BCUT2D eigenvalue weighted by molar-refractivity contribution is 5.80. The predicted molar refractivity (Wildman–Crippen MR) is 95.0 cm³/mol. The second-order valence-electron chi connectivity index (χ2n) is 6.23. The molecule has 0 saturated carbocycles. The molecule has 1 aliphatic rings. The Labute approximate surface area is 148 Å². The van der Waals surface area contributed by atoms with E-state index < -0.39 is 0 Å². The maximum Gasteiger partial charge on any atom is 0.223 e. The van der Waals surface area contributed by atoms with Crippen LogP contribution in [0.15, 0.2) is 39.8 Å². The number of guanidine groups is 1. The molecule has 2 aromatic rings. The van der Waals surface area contributed by atoms with Gasteiger partial charge in [0.2, 0.25) is 5.89 Å². The van der Waals surface area contributed by atoms with Crippen LogP contribution in [0.3, 0.4) is 0 Å². The third kappa shape index (κ3) is 5.03. The highest BCUT2D eigenvalue weighted by Gasteiger charge is 2.25. The molecule has 1 unspecified atom stereocenters. The summed E-state index contributed by atoms with van der Waals surface area (Å²) in [5.41, 5.74) is 1.21. The number of likely N-dealkylation sites (tertiary alicyclic amines) is 1. The summed E-state index contributed by atoms with van der Waals surface area (Å²) < 4.78 is 10.9. The fraction of sp³-hybridized carbons (Fsp3) is 0.500. The molecule has 1 saturated heterocycles. The van der Waals surface area contributed by atoms with Crippen molar-refractivity contribution in [2.45, 2.75) is 26.5 Å². The van der Waals surface area contributed by atoms with Gasteiger partial charge in [0.25, 0.3) is 0 Å². The van der Waals surface area contributed by atoms with E-state index in [0.717, 1.165) is 32.1 Å². The number of aromatic nitrogens is 2. The number of benzene rings is 1. The van der Waals surface area contributed by atoms with Crippen LogP contribution in [0.4, 0.5) is 0 Å². The third-order valence-electron chi connectivity index (χ3n) is 4.24. The van der Waals surface area contributed by atoms with Crippen molar-refractivity contribution < 1.29 is 9.26 Å². The lowest BCUT2D eigenvalue weighted by Crippen LogP contribution is -2.40. The standard InChI is InChI=1S/C18H25N5O2/c1-14-21-17(22-25-14)10-20-18(19-2)23-9-8-16(11-23)13-24-12-15-6-4-3-5-7-15/h3-7,16H,8-13H2,1-2H3,(H,19,20). The molecular weight excluding hydrogens is 318 g/mol. The van der Waals surface area contributed by atoms with Gasteiger partial charge in [0.1, 0.15) is 0 Å². The molecule has 0 amide bonds. The zero-order valence-corrected chi connectivity index (χ0v) is 14.8. The molecule has 0 radical (unpaired) electrons. The number of rotatable bonds is 6. The van der Waals surface area contributed by atoms with Crippen molar-refractivity contribution >= 4 is 5.96 Å². The van der Waals surface area contributed by atoms with E-state index in [2.05, 4.69) is 37.5 Å². The molecule has 0 aliphatic carbocycles. The number of hydrogen-bond acceptors (Lipinski definition) is 5. The van der Waals surface area contributed by atoms with E-state index in [1.165, 1.54) is 5.56 Å². The first-order chi connectivity index (χ1) is 12.2. The van der Waals surface area contributed by atoms with Gasteiger partial charge in [-0.25, -0.2) is 0 Å². The van der Waals surface area contributed by atoms with E-state index in [4.69, 9.17) is 9.26 Å². The number of aliphatic imine (C=N–C) groups is 1. The number of hydrogen-bond donors (Lipinski definition) is 1. The Balaban J connectivity index is 1.41. The summed E-state index contributed by atoms with van der Waals surface area (Å²) in [5, 5.41) is 7.18. The minimum absolute atomic E-state index is 0.510. The Kier molecular flexibility index (Phi) is 6.00. The van der Waals surface area contributed by atoms with Crippen molar-refractivity contribution in [3.8, 4) is 0 Å². The average molecular weight is 343 g/mol.